The fourth-order valence-corrected chi connectivity index (χ4v) is 7.18. The molecule has 0 aromatic carbocycles. The Labute approximate surface area is 312 Å². The van der Waals surface area contributed by atoms with Crippen molar-refractivity contribution in [3.05, 3.63) is 12.0 Å². The molecule has 0 spiro atoms. The first-order valence-corrected chi connectivity index (χ1v) is 21.9. The van der Waals surface area contributed by atoms with Crippen molar-refractivity contribution in [1.82, 2.24) is 10.7 Å². The van der Waals surface area contributed by atoms with Crippen molar-refractivity contribution >= 4 is 5.90 Å². The fraction of sp³-hybridized carbons (Fsp3) is 0.929. The molecule has 4 aliphatic heterocycles. The van der Waals surface area contributed by atoms with Gasteiger partial charge in [0, 0.05) is 19.3 Å². The van der Waals surface area contributed by atoms with Gasteiger partial charge < -0.3 is 23.7 Å². The Morgan fingerprint density at radius 1 is 0.569 bits per heavy atom. The molecule has 3 fully saturated rings. The minimum atomic E-state index is 0.0109. The van der Waals surface area contributed by atoms with Crippen LogP contribution >= 0.6 is 0 Å². The topological polar surface area (TPSA) is 92.9 Å². The number of hydrazine groups is 1. The molecule has 1 N–H and O–H groups in total. The quantitative estimate of drug-likeness (QED) is 0.0511. The molecule has 296 valence electrons. The van der Waals surface area contributed by atoms with Crippen molar-refractivity contribution in [3.63, 3.8) is 0 Å². The van der Waals surface area contributed by atoms with Crippen LogP contribution in [0.3, 0.4) is 0 Å². The lowest BCUT2D eigenvalue weighted by molar-refractivity contribution is -0.238. The largest absolute Gasteiger partial charge is 0.474 e. The average molecular weight is 720 g/mol. The zero-order chi connectivity index (χ0) is 35.8. The molecule has 0 amide bonds. The van der Waals surface area contributed by atoms with Crippen LogP contribution in [0.5, 0.6) is 0 Å². The van der Waals surface area contributed by atoms with E-state index in [0.717, 1.165) is 77.6 Å². The van der Waals surface area contributed by atoms with E-state index in [0.29, 0.717) is 24.0 Å². The molecule has 3 saturated heterocycles. The summed E-state index contributed by atoms with van der Waals surface area (Å²) in [5.74, 6) is 1.19. The lowest BCUT2D eigenvalue weighted by Crippen LogP contribution is -2.42. The number of hydrogen-bond donors (Lipinski definition) is 1. The highest BCUT2D eigenvalue weighted by Gasteiger charge is 2.33. The SMILES string of the molecule is CCCCCCCCCC(CC1CO1)OC1=CC(OC(CCCCCCCCC)CC2CO2)=NN(OC(CCCCCCCCC)CC2CO2)N1. The molecule has 51 heavy (non-hydrogen) atoms. The molecule has 9 nitrogen and oxygen atoms in total. The maximum absolute atomic E-state index is 6.73. The standard InChI is InChI=1S/C42H77N3O6/c1-4-7-10-13-16-19-22-25-35(28-38-32-46-38)49-41-31-42(50-36(29-39-33-47-39)26-23-20-17-14-11-8-5-2)44-45(43-41)51-37(30-40-34-48-40)27-24-21-18-15-12-9-6-3/h31,35-40,43H,4-30,32-34H2,1-3H3. The summed E-state index contributed by atoms with van der Waals surface area (Å²) in [5.41, 5.74) is 3.36. The smallest absolute Gasteiger partial charge is 0.241 e. The van der Waals surface area contributed by atoms with Gasteiger partial charge in [-0.05, 0) is 32.1 Å². The van der Waals surface area contributed by atoms with E-state index in [1.165, 1.54) is 121 Å². The van der Waals surface area contributed by atoms with Crippen molar-refractivity contribution in [2.24, 2.45) is 5.10 Å². The van der Waals surface area contributed by atoms with E-state index in [-0.39, 0.29) is 24.4 Å². The number of ether oxygens (including phenoxy) is 5. The van der Waals surface area contributed by atoms with Crippen LogP contribution in [0, 0.1) is 0 Å². The van der Waals surface area contributed by atoms with Gasteiger partial charge in [-0.2, -0.15) is 0 Å². The highest BCUT2D eigenvalue weighted by Crippen LogP contribution is 2.27. The van der Waals surface area contributed by atoms with Crippen LogP contribution in [-0.4, -0.2) is 67.6 Å². The molecule has 6 unspecified atom stereocenters. The Kier molecular flexibility index (Phi) is 21.7. The molecule has 4 aliphatic rings. The van der Waals surface area contributed by atoms with Crippen molar-refractivity contribution < 1.29 is 28.5 Å². The van der Waals surface area contributed by atoms with Crippen LogP contribution in [0.2, 0.25) is 0 Å². The second-order valence-electron chi connectivity index (χ2n) is 15.8. The number of nitrogens with zero attached hydrogens (tertiary/aromatic N) is 2. The van der Waals surface area contributed by atoms with Crippen molar-refractivity contribution in [3.8, 4) is 0 Å². The number of hydrogen-bond acceptors (Lipinski definition) is 9. The molecule has 0 radical (unpaired) electrons. The first kappa shape index (κ1) is 42.2. The first-order valence-electron chi connectivity index (χ1n) is 21.9. The highest BCUT2D eigenvalue weighted by atomic mass is 16.8. The van der Waals surface area contributed by atoms with E-state index in [1.54, 1.807) is 0 Å². The molecular formula is C42H77N3O6. The van der Waals surface area contributed by atoms with Crippen LogP contribution in [0.1, 0.15) is 194 Å². The number of epoxide rings is 3. The molecule has 4 heterocycles. The Morgan fingerprint density at radius 2 is 0.941 bits per heavy atom. The number of nitrogens with one attached hydrogen (secondary N) is 1. The lowest BCUT2D eigenvalue weighted by atomic mass is 10.0. The number of hydrazone groups is 1. The van der Waals surface area contributed by atoms with Crippen molar-refractivity contribution in [2.45, 2.75) is 231 Å². The predicted molar refractivity (Wildman–Crippen MR) is 206 cm³/mol. The van der Waals surface area contributed by atoms with Gasteiger partial charge in [0.15, 0.2) is 0 Å². The lowest BCUT2D eigenvalue weighted by Gasteiger charge is -2.31. The summed E-state index contributed by atoms with van der Waals surface area (Å²) in [6.07, 6.45) is 35.6. The molecule has 0 saturated carbocycles. The van der Waals surface area contributed by atoms with Crippen LogP contribution in [0.4, 0.5) is 0 Å². The van der Waals surface area contributed by atoms with E-state index in [4.69, 9.17) is 33.6 Å². The van der Waals surface area contributed by atoms with Gasteiger partial charge in [0.25, 0.3) is 0 Å². The van der Waals surface area contributed by atoms with E-state index >= 15 is 0 Å². The summed E-state index contributed by atoms with van der Waals surface area (Å²) in [5, 5.41) is 6.37. The van der Waals surface area contributed by atoms with Crippen molar-refractivity contribution in [2.75, 3.05) is 19.8 Å². The summed E-state index contributed by atoms with van der Waals surface area (Å²) in [6, 6.07) is 0. The Bertz CT molecular complexity index is 938. The highest BCUT2D eigenvalue weighted by molar-refractivity contribution is 5.88. The zero-order valence-electron chi connectivity index (χ0n) is 33.1. The molecule has 0 bridgehead atoms. The summed E-state index contributed by atoms with van der Waals surface area (Å²) in [4.78, 5) is 6.59. The van der Waals surface area contributed by atoms with Crippen LogP contribution in [0.15, 0.2) is 17.1 Å². The third-order valence-corrected chi connectivity index (χ3v) is 10.7. The molecule has 0 aromatic heterocycles. The van der Waals surface area contributed by atoms with Crippen molar-refractivity contribution in [1.29, 1.82) is 0 Å². The number of rotatable bonds is 35. The molecule has 0 aromatic rings. The van der Waals surface area contributed by atoms with Crippen LogP contribution < -0.4 is 5.43 Å². The average Bonchev–Trinajstić information content (AvgIpc) is 3.96. The summed E-state index contributed by atoms with van der Waals surface area (Å²) >= 11 is 0. The molecular weight excluding hydrogens is 642 g/mol. The monoisotopic (exact) mass is 720 g/mol. The minimum Gasteiger partial charge on any atom is -0.474 e. The Morgan fingerprint density at radius 3 is 1.37 bits per heavy atom. The van der Waals surface area contributed by atoms with Gasteiger partial charge in [0.05, 0.1) is 50.3 Å². The second-order valence-corrected chi connectivity index (χ2v) is 15.8. The molecule has 6 atom stereocenters. The fourth-order valence-electron chi connectivity index (χ4n) is 7.18. The summed E-state index contributed by atoms with van der Waals surface area (Å²) < 4.78 is 30.4. The molecule has 9 heteroatoms. The maximum Gasteiger partial charge on any atom is 0.241 e. The first-order chi connectivity index (χ1) is 25.1. The molecule has 0 aliphatic carbocycles. The van der Waals surface area contributed by atoms with Gasteiger partial charge in [-0.3, -0.25) is 0 Å². The van der Waals surface area contributed by atoms with Gasteiger partial charge >= 0.3 is 0 Å². The van der Waals surface area contributed by atoms with Gasteiger partial charge in [-0.15, -0.1) is 0 Å². The van der Waals surface area contributed by atoms with E-state index in [1.807, 2.05) is 6.08 Å². The molecule has 4 rings (SSSR count). The summed E-state index contributed by atoms with van der Waals surface area (Å²) in [7, 11) is 0. The minimum absolute atomic E-state index is 0.0109. The normalized spacial score (nSPS) is 22.5. The predicted octanol–water partition coefficient (Wildman–Crippen LogP) is 10.8. The van der Waals surface area contributed by atoms with Gasteiger partial charge in [0.2, 0.25) is 11.8 Å². The van der Waals surface area contributed by atoms with E-state index in [9.17, 15) is 0 Å². The third kappa shape index (κ3) is 21.1. The third-order valence-electron chi connectivity index (χ3n) is 10.7. The van der Waals surface area contributed by atoms with E-state index in [2.05, 4.69) is 26.2 Å². The van der Waals surface area contributed by atoms with Gasteiger partial charge in [-0.25, -0.2) is 10.3 Å². The van der Waals surface area contributed by atoms with Gasteiger partial charge in [-0.1, -0.05) is 153 Å². The number of unbranched alkanes of at least 4 members (excludes halogenated alkanes) is 18. The van der Waals surface area contributed by atoms with E-state index < -0.39 is 0 Å². The second kappa shape index (κ2) is 26.3. The van der Waals surface area contributed by atoms with Gasteiger partial charge in [0.1, 0.15) is 12.2 Å². The van der Waals surface area contributed by atoms with Crippen LogP contribution in [-0.2, 0) is 28.5 Å². The Hall–Kier alpha value is -1.55. The maximum atomic E-state index is 6.73. The summed E-state index contributed by atoms with van der Waals surface area (Å²) in [6.45, 7) is 9.32. The zero-order valence-corrected chi connectivity index (χ0v) is 33.1. The Balaban J connectivity index is 1.36. The van der Waals surface area contributed by atoms with Crippen LogP contribution in [0.25, 0.3) is 0 Å².